The van der Waals surface area contributed by atoms with Gasteiger partial charge in [-0.3, -0.25) is 0 Å². The lowest BCUT2D eigenvalue weighted by atomic mass is 10.1. The summed E-state index contributed by atoms with van der Waals surface area (Å²) in [5, 5.41) is 0. The van der Waals surface area contributed by atoms with Crippen LogP contribution >= 0.6 is 0 Å². The summed E-state index contributed by atoms with van der Waals surface area (Å²) in [6.07, 6.45) is 2.09. The Morgan fingerprint density at radius 3 is 2.18 bits per heavy atom. The Bertz CT molecular complexity index is 166. The molecule has 0 N–H and O–H groups in total. The van der Waals surface area contributed by atoms with Crippen LogP contribution in [0.25, 0.3) is 0 Å². The van der Waals surface area contributed by atoms with Gasteiger partial charge in [-0.15, -0.1) is 0 Å². The smallest absolute Gasteiger partial charge is 0.0127 e. The maximum Gasteiger partial charge on any atom is 0.0127 e. The summed E-state index contributed by atoms with van der Waals surface area (Å²) in [7, 11) is 2.05. The minimum atomic E-state index is 0.523. The highest BCUT2D eigenvalue weighted by Crippen LogP contribution is 2.15. The monoisotopic (exact) mass is 153 g/mol. The van der Waals surface area contributed by atoms with Crippen LogP contribution in [0.4, 0.5) is 0 Å². The van der Waals surface area contributed by atoms with E-state index in [0.29, 0.717) is 5.92 Å². The first kappa shape index (κ1) is 10.3. The van der Waals surface area contributed by atoms with Gasteiger partial charge in [0.15, 0.2) is 0 Å². The quantitative estimate of drug-likeness (QED) is 0.602. The van der Waals surface area contributed by atoms with E-state index in [9.17, 15) is 0 Å². The fraction of sp³-hybridized carbons (Fsp3) is 0.600. The standard InChI is InChI=1S/C10H19N/c1-7-9(4)11(6)10(5)8(2)3/h7-8H,5H2,1-4,6H3/b9-7+. The molecule has 0 heterocycles. The molecule has 0 aromatic rings. The van der Waals surface area contributed by atoms with Crippen molar-refractivity contribution < 1.29 is 0 Å². The fourth-order valence-electron chi connectivity index (χ4n) is 0.807. The summed E-state index contributed by atoms with van der Waals surface area (Å²) in [5.41, 5.74) is 2.42. The molecule has 0 rings (SSSR count). The van der Waals surface area contributed by atoms with Crippen molar-refractivity contribution in [2.75, 3.05) is 7.05 Å². The van der Waals surface area contributed by atoms with Gasteiger partial charge < -0.3 is 4.90 Å². The first-order valence-corrected chi connectivity index (χ1v) is 4.06. The van der Waals surface area contributed by atoms with E-state index < -0.39 is 0 Å². The molecular weight excluding hydrogens is 134 g/mol. The van der Waals surface area contributed by atoms with Crippen LogP contribution in [0, 0.1) is 5.92 Å². The second-order valence-electron chi connectivity index (χ2n) is 3.14. The molecule has 0 aliphatic rings. The van der Waals surface area contributed by atoms with E-state index in [1.807, 2.05) is 6.92 Å². The molecule has 0 saturated carbocycles. The third kappa shape index (κ3) is 2.79. The van der Waals surface area contributed by atoms with Gasteiger partial charge in [-0.25, -0.2) is 0 Å². The van der Waals surface area contributed by atoms with Crippen LogP contribution in [0.5, 0.6) is 0 Å². The van der Waals surface area contributed by atoms with Crippen molar-refractivity contribution in [3.8, 4) is 0 Å². The van der Waals surface area contributed by atoms with Gasteiger partial charge in [-0.05, 0) is 19.8 Å². The van der Waals surface area contributed by atoms with E-state index in [1.165, 1.54) is 11.4 Å². The van der Waals surface area contributed by atoms with E-state index in [-0.39, 0.29) is 0 Å². The molecule has 0 aromatic heterocycles. The minimum Gasteiger partial charge on any atom is -0.353 e. The Kier molecular flexibility index (Phi) is 3.94. The van der Waals surface area contributed by atoms with Gasteiger partial charge in [-0.2, -0.15) is 0 Å². The summed E-state index contributed by atoms with van der Waals surface area (Å²) in [6, 6.07) is 0. The zero-order chi connectivity index (χ0) is 9.02. The lowest BCUT2D eigenvalue weighted by Gasteiger charge is -2.24. The summed E-state index contributed by atoms with van der Waals surface area (Å²) in [5.74, 6) is 0.523. The predicted octanol–water partition coefficient (Wildman–Crippen LogP) is 3.01. The average molecular weight is 153 g/mol. The summed E-state index contributed by atoms with van der Waals surface area (Å²) in [4.78, 5) is 2.13. The molecule has 0 aliphatic heterocycles. The van der Waals surface area contributed by atoms with Crippen LogP contribution in [-0.2, 0) is 0 Å². The second-order valence-corrected chi connectivity index (χ2v) is 3.14. The van der Waals surface area contributed by atoms with Gasteiger partial charge in [0.25, 0.3) is 0 Å². The van der Waals surface area contributed by atoms with E-state index in [2.05, 4.69) is 45.4 Å². The van der Waals surface area contributed by atoms with Gasteiger partial charge in [0.05, 0.1) is 0 Å². The highest BCUT2D eigenvalue weighted by molar-refractivity contribution is 5.07. The van der Waals surface area contributed by atoms with Gasteiger partial charge in [0.2, 0.25) is 0 Å². The number of nitrogens with zero attached hydrogens (tertiary/aromatic N) is 1. The summed E-state index contributed by atoms with van der Waals surface area (Å²) >= 11 is 0. The van der Waals surface area contributed by atoms with Gasteiger partial charge in [-0.1, -0.05) is 26.5 Å². The van der Waals surface area contributed by atoms with Gasteiger partial charge in [0.1, 0.15) is 0 Å². The molecule has 1 nitrogen and oxygen atoms in total. The molecule has 0 atom stereocenters. The molecule has 1 heteroatoms. The summed E-state index contributed by atoms with van der Waals surface area (Å²) in [6.45, 7) is 12.4. The third-order valence-corrected chi connectivity index (χ3v) is 2.04. The van der Waals surface area contributed by atoms with Crippen LogP contribution in [-0.4, -0.2) is 11.9 Å². The van der Waals surface area contributed by atoms with Crippen LogP contribution in [0.15, 0.2) is 24.0 Å². The van der Waals surface area contributed by atoms with Crippen molar-refractivity contribution in [1.29, 1.82) is 0 Å². The maximum atomic E-state index is 4.01. The minimum absolute atomic E-state index is 0.523. The molecule has 0 unspecified atom stereocenters. The van der Waals surface area contributed by atoms with E-state index in [1.54, 1.807) is 0 Å². The number of allylic oxidation sites excluding steroid dienone is 3. The first-order chi connectivity index (χ1) is 5.00. The van der Waals surface area contributed by atoms with Crippen LogP contribution in [0.1, 0.15) is 27.7 Å². The lowest BCUT2D eigenvalue weighted by molar-refractivity contribution is 0.456. The van der Waals surface area contributed by atoms with Crippen molar-refractivity contribution in [3.05, 3.63) is 24.0 Å². The van der Waals surface area contributed by atoms with Crippen molar-refractivity contribution in [2.45, 2.75) is 27.7 Å². The fourth-order valence-corrected chi connectivity index (χ4v) is 0.807. The maximum absolute atomic E-state index is 4.01. The SMILES string of the molecule is C=C(C(C)C)N(C)/C(C)=C/C. The number of hydrogen-bond acceptors (Lipinski definition) is 1. The Hall–Kier alpha value is -0.720. The highest BCUT2D eigenvalue weighted by atomic mass is 15.1. The van der Waals surface area contributed by atoms with E-state index in [0.717, 1.165) is 0 Å². The van der Waals surface area contributed by atoms with Crippen LogP contribution < -0.4 is 0 Å². The normalized spacial score (nSPS) is 12.0. The molecule has 11 heavy (non-hydrogen) atoms. The van der Waals surface area contributed by atoms with Crippen molar-refractivity contribution in [3.63, 3.8) is 0 Å². The Labute approximate surface area is 70.4 Å². The molecule has 0 aromatic carbocycles. The van der Waals surface area contributed by atoms with Crippen molar-refractivity contribution in [1.82, 2.24) is 4.90 Å². The zero-order valence-electron chi connectivity index (χ0n) is 8.31. The lowest BCUT2D eigenvalue weighted by Crippen LogP contribution is -2.17. The van der Waals surface area contributed by atoms with Gasteiger partial charge in [0, 0.05) is 18.4 Å². The first-order valence-electron chi connectivity index (χ1n) is 4.06. The Balaban J connectivity index is 4.25. The van der Waals surface area contributed by atoms with Gasteiger partial charge >= 0.3 is 0 Å². The number of hydrogen-bond donors (Lipinski definition) is 0. The molecule has 0 radical (unpaired) electrons. The predicted molar refractivity (Wildman–Crippen MR) is 51.2 cm³/mol. The topological polar surface area (TPSA) is 3.24 Å². The molecular formula is C10H19N. The van der Waals surface area contributed by atoms with Crippen molar-refractivity contribution >= 4 is 0 Å². The van der Waals surface area contributed by atoms with E-state index in [4.69, 9.17) is 0 Å². The highest BCUT2D eigenvalue weighted by Gasteiger charge is 2.05. The van der Waals surface area contributed by atoms with E-state index >= 15 is 0 Å². The molecule has 0 saturated heterocycles. The molecule has 0 amide bonds. The van der Waals surface area contributed by atoms with Crippen LogP contribution in [0.2, 0.25) is 0 Å². The third-order valence-electron chi connectivity index (χ3n) is 2.04. The zero-order valence-corrected chi connectivity index (χ0v) is 8.31. The Morgan fingerprint density at radius 2 is 1.91 bits per heavy atom. The molecule has 64 valence electrons. The molecule has 0 bridgehead atoms. The molecule has 0 spiro atoms. The Morgan fingerprint density at radius 1 is 1.45 bits per heavy atom. The average Bonchev–Trinajstić information content (AvgIpc) is 2.00. The molecule has 0 fully saturated rings. The largest absolute Gasteiger partial charge is 0.353 e. The van der Waals surface area contributed by atoms with Crippen LogP contribution in [0.3, 0.4) is 0 Å². The summed E-state index contributed by atoms with van der Waals surface area (Å²) < 4.78 is 0. The second kappa shape index (κ2) is 4.22. The van der Waals surface area contributed by atoms with Crippen molar-refractivity contribution in [2.24, 2.45) is 5.92 Å². The molecule has 0 aliphatic carbocycles. The number of rotatable bonds is 3.